The van der Waals surface area contributed by atoms with E-state index in [9.17, 15) is 4.79 Å². The van der Waals surface area contributed by atoms with Gasteiger partial charge in [0.05, 0.1) is 11.8 Å². The molecule has 2 aliphatic heterocycles. The van der Waals surface area contributed by atoms with E-state index in [4.69, 9.17) is 4.74 Å². The highest BCUT2D eigenvalue weighted by atomic mass is 16.5. The Hall–Kier alpha value is -2.62. The fraction of sp³-hybridized carbons (Fsp3) is 0.263. The molecule has 1 amide bonds. The van der Waals surface area contributed by atoms with Gasteiger partial charge in [-0.15, -0.1) is 0 Å². The van der Waals surface area contributed by atoms with E-state index in [-0.39, 0.29) is 11.9 Å². The van der Waals surface area contributed by atoms with E-state index < -0.39 is 6.10 Å². The van der Waals surface area contributed by atoms with E-state index in [1.54, 1.807) is 11.9 Å². The fourth-order valence-electron chi connectivity index (χ4n) is 3.17. The molecule has 0 saturated carbocycles. The van der Waals surface area contributed by atoms with Gasteiger partial charge >= 0.3 is 0 Å². The lowest BCUT2D eigenvalue weighted by Crippen LogP contribution is -2.34. The van der Waals surface area contributed by atoms with Crippen molar-refractivity contribution in [2.75, 3.05) is 0 Å². The summed E-state index contributed by atoms with van der Waals surface area (Å²) in [5.74, 6) is 0.689. The minimum absolute atomic E-state index is 0.0834. The molecule has 4 rings (SSSR count). The van der Waals surface area contributed by atoms with Crippen LogP contribution in [-0.4, -0.2) is 22.7 Å². The summed E-state index contributed by atoms with van der Waals surface area (Å²) >= 11 is 0. The molecule has 0 aromatic heterocycles. The number of nitrogens with zero attached hydrogens (tertiary/aromatic N) is 2. The molecule has 0 spiro atoms. The van der Waals surface area contributed by atoms with Crippen molar-refractivity contribution in [3.8, 4) is 5.75 Å². The van der Waals surface area contributed by atoms with Gasteiger partial charge in [0.25, 0.3) is 5.91 Å². The molecule has 0 bridgehead atoms. The second-order valence-electron chi connectivity index (χ2n) is 6.11. The molecular weight excluding hydrogens is 288 g/mol. The Kier molecular flexibility index (Phi) is 3.18. The Labute approximate surface area is 135 Å². The number of hydrazone groups is 1. The topological polar surface area (TPSA) is 41.9 Å². The lowest BCUT2D eigenvalue weighted by Gasteiger charge is -2.19. The van der Waals surface area contributed by atoms with Crippen LogP contribution < -0.4 is 4.74 Å². The largest absolute Gasteiger partial charge is 0.480 e. The second-order valence-corrected chi connectivity index (χ2v) is 6.11. The summed E-state index contributed by atoms with van der Waals surface area (Å²) in [6, 6.07) is 16.0. The summed E-state index contributed by atoms with van der Waals surface area (Å²) in [6.07, 6.45) is 0.185. The average molecular weight is 306 g/mol. The summed E-state index contributed by atoms with van der Waals surface area (Å²) in [7, 11) is 0. The van der Waals surface area contributed by atoms with Gasteiger partial charge in [-0.2, -0.15) is 5.10 Å². The SMILES string of the molecule is Cc1ccc(C2=NN3C(=O)C(C)Oc4ccccc4C3C2)cc1. The normalized spacial score (nSPS) is 22.8. The molecule has 4 heteroatoms. The quantitative estimate of drug-likeness (QED) is 0.809. The van der Waals surface area contributed by atoms with E-state index >= 15 is 0 Å². The molecule has 2 heterocycles. The summed E-state index contributed by atoms with van der Waals surface area (Å²) in [4.78, 5) is 12.6. The molecule has 116 valence electrons. The first kappa shape index (κ1) is 14.0. The van der Waals surface area contributed by atoms with Crippen molar-refractivity contribution in [1.29, 1.82) is 0 Å². The number of ether oxygens (including phenoxy) is 1. The predicted octanol–water partition coefficient (Wildman–Crippen LogP) is 3.45. The van der Waals surface area contributed by atoms with Crippen molar-refractivity contribution in [1.82, 2.24) is 5.01 Å². The number of carbonyl (C=O) groups excluding carboxylic acids is 1. The van der Waals surface area contributed by atoms with Crippen molar-refractivity contribution in [3.63, 3.8) is 0 Å². The van der Waals surface area contributed by atoms with E-state index in [0.717, 1.165) is 22.6 Å². The number of rotatable bonds is 1. The molecule has 23 heavy (non-hydrogen) atoms. The molecule has 0 radical (unpaired) electrons. The van der Waals surface area contributed by atoms with E-state index in [2.05, 4.69) is 36.3 Å². The van der Waals surface area contributed by atoms with Gasteiger partial charge in [0, 0.05) is 12.0 Å². The van der Waals surface area contributed by atoms with Crippen molar-refractivity contribution in [2.24, 2.45) is 5.10 Å². The van der Waals surface area contributed by atoms with Crippen LogP contribution in [0.3, 0.4) is 0 Å². The van der Waals surface area contributed by atoms with Gasteiger partial charge in [-0.1, -0.05) is 48.0 Å². The van der Waals surface area contributed by atoms with Crippen LogP contribution in [0.4, 0.5) is 0 Å². The van der Waals surface area contributed by atoms with Crippen LogP contribution >= 0.6 is 0 Å². The van der Waals surface area contributed by atoms with Gasteiger partial charge in [-0.3, -0.25) is 4.79 Å². The van der Waals surface area contributed by atoms with Crippen molar-refractivity contribution >= 4 is 11.6 Å². The van der Waals surface area contributed by atoms with Crippen LogP contribution in [0.25, 0.3) is 0 Å². The lowest BCUT2D eigenvalue weighted by molar-refractivity contribution is -0.138. The maximum absolute atomic E-state index is 12.6. The van der Waals surface area contributed by atoms with Gasteiger partial charge < -0.3 is 4.74 Å². The molecule has 0 fully saturated rings. The van der Waals surface area contributed by atoms with E-state index in [1.165, 1.54) is 5.56 Å². The number of carbonyl (C=O) groups is 1. The third kappa shape index (κ3) is 2.31. The van der Waals surface area contributed by atoms with Crippen molar-refractivity contribution in [3.05, 3.63) is 65.2 Å². The second kappa shape index (κ2) is 5.23. The number of para-hydroxylation sites is 1. The maximum Gasteiger partial charge on any atom is 0.283 e. The zero-order valence-corrected chi connectivity index (χ0v) is 13.2. The van der Waals surface area contributed by atoms with Gasteiger partial charge in [0.15, 0.2) is 6.10 Å². The standard InChI is InChI=1S/C19H18N2O2/c1-12-7-9-14(10-8-12)16-11-17-15-5-3-4-6-18(15)23-13(2)19(22)21(17)20-16/h3-10,13,17H,11H2,1-2H3. The monoisotopic (exact) mass is 306 g/mol. The molecule has 0 aliphatic carbocycles. The van der Waals surface area contributed by atoms with Crippen LogP contribution in [0.2, 0.25) is 0 Å². The highest BCUT2D eigenvalue weighted by Gasteiger charge is 2.39. The molecule has 2 aromatic carbocycles. The Morgan fingerprint density at radius 3 is 2.65 bits per heavy atom. The van der Waals surface area contributed by atoms with Crippen LogP contribution in [0.15, 0.2) is 53.6 Å². The number of fused-ring (bicyclic) bond motifs is 3. The average Bonchev–Trinajstić information content (AvgIpc) is 2.96. The summed E-state index contributed by atoms with van der Waals surface area (Å²) < 4.78 is 5.80. The smallest absolute Gasteiger partial charge is 0.283 e. The highest BCUT2D eigenvalue weighted by molar-refractivity contribution is 6.03. The van der Waals surface area contributed by atoms with Crippen molar-refractivity contribution < 1.29 is 9.53 Å². The molecular formula is C19H18N2O2. The number of aryl methyl sites for hydroxylation is 1. The zero-order valence-electron chi connectivity index (χ0n) is 13.2. The third-order valence-corrected chi connectivity index (χ3v) is 4.45. The summed E-state index contributed by atoms with van der Waals surface area (Å²) in [6.45, 7) is 3.84. The number of hydrogen-bond acceptors (Lipinski definition) is 3. The maximum atomic E-state index is 12.6. The number of benzene rings is 2. The summed E-state index contributed by atoms with van der Waals surface area (Å²) in [5, 5.41) is 6.22. The van der Waals surface area contributed by atoms with Crippen molar-refractivity contribution in [2.45, 2.75) is 32.4 Å². The molecule has 4 nitrogen and oxygen atoms in total. The Morgan fingerprint density at radius 2 is 1.87 bits per heavy atom. The predicted molar refractivity (Wildman–Crippen MR) is 88.5 cm³/mol. The van der Waals surface area contributed by atoms with Crippen LogP contribution in [-0.2, 0) is 4.79 Å². The first-order valence-electron chi connectivity index (χ1n) is 7.86. The molecule has 2 aromatic rings. The Bertz CT molecular complexity index is 795. The lowest BCUT2D eigenvalue weighted by atomic mass is 9.97. The number of hydrogen-bond donors (Lipinski definition) is 0. The highest BCUT2D eigenvalue weighted by Crippen LogP contribution is 2.40. The molecule has 0 saturated heterocycles. The molecule has 2 atom stereocenters. The first-order valence-corrected chi connectivity index (χ1v) is 7.86. The molecule has 2 aliphatic rings. The first-order chi connectivity index (χ1) is 11.1. The molecule has 0 N–H and O–H groups in total. The van der Waals surface area contributed by atoms with Gasteiger partial charge in [-0.05, 0) is 25.5 Å². The third-order valence-electron chi connectivity index (χ3n) is 4.45. The summed E-state index contributed by atoms with van der Waals surface area (Å²) in [5.41, 5.74) is 4.26. The van der Waals surface area contributed by atoms with Crippen LogP contribution in [0.1, 0.15) is 36.1 Å². The van der Waals surface area contributed by atoms with E-state index in [0.29, 0.717) is 6.42 Å². The Balaban J connectivity index is 1.76. The minimum Gasteiger partial charge on any atom is -0.480 e. The zero-order chi connectivity index (χ0) is 16.0. The van der Waals surface area contributed by atoms with Crippen LogP contribution in [0, 0.1) is 6.92 Å². The van der Waals surface area contributed by atoms with Gasteiger partial charge in [-0.25, -0.2) is 5.01 Å². The number of amides is 1. The Morgan fingerprint density at radius 1 is 1.13 bits per heavy atom. The van der Waals surface area contributed by atoms with Gasteiger partial charge in [0.1, 0.15) is 5.75 Å². The minimum atomic E-state index is -0.526. The molecule has 2 unspecified atom stereocenters. The van der Waals surface area contributed by atoms with E-state index in [1.807, 2.05) is 24.3 Å². The fourth-order valence-corrected chi connectivity index (χ4v) is 3.17. The van der Waals surface area contributed by atoms with Crippen LogP contribution in [0.5, 0.6) is 5.75 Å². The van der Waals surface area contributed by atoms with Gasteiger partial charge in [0.2, 0.25) is 0 Å².